The van der Waals surface area contributed by atoms with Gasteiger partial charge in [-0.2, -0.15) is 0 Å². The van der Waals surface area contributed by atoms with Gasteiger partial charge in [0.05, 0.1) is 0 Å². The van der Waals surface area contributed by atoms with Crippen LogP contribution in [0.15, 0.2) is 0 Å². The van der Waals surface area contributed by atoms with Gasteiger partial charge in [0.25, 0.3) is 0 Å². The smallest absolute Gasteiger partial charge is 0.0147 e. The van der Waals surface area contributed by atoms with Crippen LogP contribution in [0.1, 0.15) is 67.2 Å². The Labute approximate surface area is 97.2 Å². The molecule has 0 heterocycles. The molecular formula is C14H31N. The summed E-state index contributed by atoms with van der Waals surface area (Å²) in [6.07, 6.45) is 5.13. The summed E-state index contributed by atoms with van der Waals surface area (Å²) in [5.41, 5.74) is 0.889. The quantitative estimate of drug-likeness (QED) is 0.608. The minimum atomic E-state index is 0.350. The first kappa shape index (κ1) is 15.0. The molecule has 0 saturated carbocycles. The summed E-state index contributed by atoms with van der Waals surface area (Å²) in [5, 5.41) is 0. The van der Waals surface area contributed by atoms with Crippen LogP contribution in [0.5, 0.6) is 0 Å². The first-order valence-corrected chi connectivity index (χ1v) is 6.52. The predicted molar refractivity (Wildman–Crippen MR) is 70.3 cm³/mol. The highest BCUT2D eigenvalue weighted by Crippen LogP contribution is 2.30. The van der Waals surface area contributed by atoms with Crippen LogP contribution in [0, 0.1) is 5.41 Å². The van der Waals surface area contributed by atoms with Crippen molar-refractivity contribution < 1.29 is 0 Å². The Kier molecular flexibility index (Phi) is 5.87. The molecule has 0 aromatic carbocycles. The topological polar surface area (TPSA) is 3.24 Å². The van der Waals surface area contributed by atoms with Crippen molar-refractivity contribution in [2.24, 2.45) is 5.41 Å². The van der Waals surface area contributed by atoms with E-state index in [1.54, 1.807) is 0 Å². The average molecular weight is 213 g/mol. The molecule has 0 aromatic rings. The molecule has 0 atom stereocenters. The van der Waals surface area contributed by atoms with E-state index in [0.29, 0.717) is 11.0 Å². The van der Waals surface area contributed by atoms with Gasteiger partial charge in [0.15, 0.2) is 0 Å². The molecule has 0 bridgehead atoms. The Morgan fingerprint density at radius 1 is 0.867 bits per heavy atom. The number of hydrogen-bond donors (Lipinski definition) is 0. The zero-order chi connectivity index (χ0) is 12.1. The molecule has 92 valence electrons. The fourth-order valence-corrected chi connectivity index (χ4v) is 1.61. The Morgan fingerprint density at radius 2 is 1.33 bits per heavy atom. The van der Waals surface area contributed by atoms with E-state index in [0.717, 1.165) is 0 Å². The van der Waals surface area contributed by atoms with Crippen molar-refractivity contribution in [3.63, 3.8) is 0 Å². The highest BCUT2D eigenvalue weighted by atomic mass is 15.2. The van der Waals surface area contributed by atoms with Gasteiger partial charge < -0.3 is 4.90 Å². The molecule has 0 aliphatic carbocycles. The van der Waals surface area contributed by atoms with Crippen molar-refractivity contribution >= 4 is 0 Å². The number of hydrogen-bond acceptors (Lipinski definition) is 1. The zero-order valence-electron chi connectivity index (χ0n) is 12.0. The molecule has 0 spiro atoms. The van der Waals surface area contributed by atoms with Crippen molar-refractivity contribution in [1.82, 2.24) is 4.90 Å². The SMILES string of the molecule is CCC(C)(CC)CCN(C)C(C)(C)CC. The van der Waals surface area contributed by atoms with E-state index in [1.165, 1.54) is 32.2 Å². The molecule has 0 aliphatic heterocycles. The van der Waals surface area contributed by atoms with E-state index in [1.807, 2.05) is 0 Å². The molecule has 0 radical (unpaired) electrons. The van der Waals surface area contributed by atoms with Gasteiger partial charge in [-0.3, -0.25) is 0 Å². The van der Waals surface area contributed by atoms with Gasteiger partial charge in [-0.1, -0.05) is 40.5 Å². The molecule has 0 aliphatic rings. The average Bonchev–Trinajstić information content (AvgIpc) is 2.25. The minimum absolute atomic E-state index is 0.350. The molecule has 0 aromatic heterocycles. The van der Waals surface area contributed by atoms with Crippen LogP contribution < -0.4 is 0 Å². The van der Waals surface area contributed by atoms with Crippen LogP contribution in [-0.2, 0) is 0 Å². The maximum absolute atomic E-state index is 2.51. The van der Waals surface area contributed by atoms with Crippen LogP contribution in [0.25, 0.3) is 0 Å². The lowest BCUT2D eigenvalue weighted by Gasteiger charge is -2.37. The summed E-state index contributed by atoms with van der Waals surface area (Å²) in [6, 6.07) is 0. The second-order valence-corrected chi connectivity index (χ2v) is 5.86. The monoisotopic (exact) mass is 213 g/mol. The van der Waals surface area contributed by atoms with Gasteiger partial charge in [0, 0.05) is 5.54 Å². The molecular weight excluding hydrogens is 182 g/mol. The lowest BCUT2D eigenvalue weighted by atomic mass is 9.81. The molecule has 1 heteroatoms. The minimum Gasteiger partial charge on any atom is -0.301 e. The van der Waals surface area contributed by atoms with Gasteiger partial charge in [0.1, 0.15) is 0 Å². The number of nitrogens with zero attached hydrogens (tertiary/aromatic N) is 1. The number of rotatable bonds is 7. The molecule has 1 nitrogen and oxygen atoms in total. The van der Waals surface area contributed by atoms with Gasteiger partial charge in [-0.05, 0) is 45.7 Å². The molecule has 15 heavy (non-hydrogen) atoms. The van der Waals surface area contributed by atoms with Crippen LogP contribution in [-0.4, -0.2) is 24.0 Å². The van der Waals surface area contributed by atoms with Crippen LogP contribution >= 0.6 is 0 Å². The Balaban J connectivity index is 4.15. The first-order valence-electron chi connectivity index (χ1n) is 6.52. The van der Waals surface area contributed by atoms with Crippen LogP contribution in [0.4, 0.5) is 0 Å². The van der Waals surface area contributed by atoms with E-state index in [4.69, 9.17) is 0 Å². The highest BCUT2D eigenvalue weighted by Gasteiger charge is 2.25. The van der Waals surface area contributed by atoms with E-state index in [9.17, 15) is 0 Å². The molecule has 0 unspecified atom stereocenters. The lowest BCUT2D eigenvalue weighted by molar-refractivity contribution is 0.121. The van der Waals surface area contributed by atoms with Crippen molar-refractivity contribution in [3.8, 4) is 0 Å². The Morgan fingerprint density at radius 3 is 1.67 bits per heavy atom. The van der Waals surface area contributed by atoms with Crippen LogP contribution in [0.3, 0.4) is 0 Å². The fraction of sp³-hybridized carbons (Fsp3) is 1.00. The maximum Gasteiger partial charge on any atom is 0.0147 e. The van der Waals surface area contributed by atoms with Crippen LogP contribution in [0.2, 0.25) is 0 Å². The summed E-state index contributed by atoms with van der Waals surface area (Å²) in [7, 11) is 2.26. The maximum atomic E-state index is 2.51. The molecule has 0 fully saturated rings. The third kappa shape index (κ3) is 4.55. The lowest BCUT2D eigenvalue weighted by Crippen LogP contribution is -2.42. The van der Waals surface area contributed by atoms with Gasteiger partial charge in [-0.25, -0.2) is 0 Å². The normalized spacial score (nSPS) is 13.6. The Bertz CT molecular complexity index is 168. The predicted octanol–water partition coefficient (Wildman–Crippen LogP) is 4.32. The van der Waals surface area contributed by atoms with E-state index in [2.05, 4.69) is 53.5 Å². The molecule has 0 N–H and O–H groups in total. The molecule has 0 rings (SSSR count). The van der Waals surface area contributed by atoms with Gasteiger partial charge in [-0.15, -0.1) is 0 Å². The highest BCUT2D eigenvalue weighted by molar-refractivity contribution is 4.80. The standard InChI is InChI=1S/C14H31N/c1-8-13(4,5)15(7)12-11-14(6,9-2)10-3/h8-12H2,1-7H3. The summed E-state index contributed by atoms with van der Waals surface area (Å²) in [5.74, 6) is 0. The Hall–Kier alpha value is -0.0400. The largest absolute Gasteiger partial charge is 0.301 e. The van der Waals surface area contributed by atoms with E-state index < -0.39 is 0 Å². The second-order valence-electron chi connectivity index (χ2n) is 5.86. The second kappa shape index (κ2) is 5.89. The third-order valence-electron chi connectivity index (χ3n) is 4.66. The third-order valence-corrected chi connectivity index (χ3v) is 4.66. The van der Waals surface area contributed by atoms with Crippen molar-refractivity contribution in [3.05, 3.63) is 0 Å². The van der Waals surface area contributed by atoms with E-state index >= 15 is 0 Å². The first-order chi connectivity index (χ1) is 6.81. The summed E-state index contributed by atoms with van der Waals surface area (Å²) >= 11 is 0. The van der Waals surface area contributed by atoms with Crippen molar-refractivity contribution in [2.75, 3.05) is 13.6 Å². The molecule has 0 amide bonds. The summed E-state index contributed by atoms with van der Waals surface area (Å²) in [6.45, 7) is 15.2. The van der Waals surface area contributed by atoms with E-state index in [-0.39, 0.29) is 0 Å². The molecule has 0 saturated heterocycles. The van der Waals surface area contributed by atoms with Gasteiger partial charge in [0.2, 0.25) is 0 Å². The van der Waals surface area contributed by atoms with Crippen molar-refractivity contribution in [1.29, 1.82) is 0 Å². The summed E-state index contributed by atoms with van der Waals surface area (Å²) in [4.78, 5) is 2.51. The zero-order valence-corrected chi connectivity index (χ0v) is 12.0. The fourth-order valence-electron chi connectivity index (χ4n) is 1.61. The van der Waals surface area contributed by atoms with Gasteiger partial charge >= 0.3 is 0 Å². The summed E-state index contributed by atoms with van der Waals surface area (Å²) < 4.78 is 0. The van der Waals surface area contributed by atoms with Crippen molar-refractivity contribution in [2.45, 2.75) is 72.8 Å².